The van der Waals surface area contributed by atoms with Crippen molar-refractivity contribution in [3.63, 3.8) is 0 Å². The second-order valence-electron chi connectivity index (χ2n) is 7.89. The van der Waals surface area contributed by atoms with Crippen LogP contribution in [0.5, 0.6) is 0 Å². The molecule has 0 fully saturated rings. The molecular formula is C19H36N4O6S. The number of carbonyl (C=O) groups excluding carboxylic acids is 3. The van der Waals surface area contributed by atoms with Gasteiger partial charge in [-0.25, -0.2) is 4.79 Å². The lowest BCUT2D eigenvalue weighted by Crippen LogP contribution is -2.58. The summed E-state index contributed by atoms with van der Waals surface area (Å²) < 4.78 is 0. The molecule has 0 spiro atoms. The Bertz CT molecular complexity index is 587. The van der Waals surface area contributed by atoms with Crippen molar-refractivity contribution in [3.05, 3.63) is 0 Å². The van der Waals surface area contributed by atoms with E-state index in [9.17, 15) is 24.3 Å². The summed E-state index contributed by atoms with van der Waals surface area (Å²) in [5.74, 6) is -2.69. The summed E-state index contributed by atoms with van der Waals surface area (Å²) in [6.07, 6.45) is 2.40. The second kappa shape index (κ2) is 14.2. The zero-order chi connectivity index (χ0) is 23.4. The van der Waals surface area contributed by atoms with Gasteiger partial charge < -0.3 is 31.9 Å². The molecule has 0 aliphatic heterocycles. The van der Waals surface area contributed by atoms with Crippen LogP contribution < -0.4 is 21.7 Å². The Morgan fingerprint density at radius 1 is 0.933 bits per heavy atom. The second-order valence-corrected chi connectivity index (χ2v) is 8.88. The van der Waals surface area contributed by atoms with Crippen LogP contribution >= 0.6 is 11.8 Å². The van der Waals surface area contributed by atoms with E-state index in [2.05, 4.69) is 16.0 Å². The number of hydrogen-bond donors (Lipinski definition) is 6. The Morgan fingerprint density at radius 3 is 1.93 bits per heavy atom. The van der Waals surface area contributed by atoms with Gasteiger partial charge >= 0.3 is 5.97 Å². The fraction of sp³-hybridized carbons (Fsp3) is 0.789. The van der Waals surface area contributed by atoms with Gasteiger partial charge in [0, 0.05) is 0 Å². The molecule has 10 nitrogen and oxygen atoms in total. The van der Waals surface area contributed by atoms with Gasteiger partial charge in [-0.2, -0.15) is 11.8 Å². The Kier molecular flexibility index (Phi) is 13.3. The summed E-state index contributed by atoms with van der Waals surface area (Å²) in [7, 11) is 0. The molecule has 0 heterocycles. The normalized spacial score (nSPS) is 15.2. The van der Waals surface area contributed by atoms with Crippen LogP contribution in [0.1, 0.15) is 40.5 Å². The summed E-state index contributed by atoms with van der Waals surface area (Å²) >= 11 is 1.48. The molecule has 0 aromatic heterocycles. The lowest BCUT2D eigenvalue weighted by molar-refractivity contribution is -0.143. The van der Waals surface area contributed by atoms with Crippen molar-refractivity contribution < 1.29 is 29.4 Å². The van der Waals surface area contributed by atoms with Crippen molar-refractivity contribution in [3.8, 4) is 0 Å². The molecule has 0 aliphatic carbocycles. The van der Waals surface area contributed by atoms with Gasteiger partial charge in [0.1, 0.15) is 24.2 Å². The van der Waals surface area contributed by atoms with Gasteiger partial charge in [0.25, 0.3) is 0 Å². The smallest absolute Gasteiger partial charge is 0.326 e. The highest BCUT2D eigenvalue weighted by Crippen LogP contribution is 2.09. The number of amides is 3. The van der Waals surface area contributed by atoms with Crippen molar-refractivity contribution >= 4 is 35.5 Å². The molecule has 0 saturated heterocycles. The van der Waals surface area contributed by atoms with Crippen LogP contribution in [0.3, 0.4) is 0 Å². The van der Waals surface area contributed by atoms with Crippen LogP contribution in [0, 0.1) is 11.8 Å². The molecular weight excluding hydrogens is 412 g/mol. The van der Waals surface area contributed by atoms with Gasteiger partial charge in [0.2, 0.25) is 17.7 Å². The van der Waals surface area contributed by atoms with E-state index in [-0.39, 0.29) is 18.3 Å². The molecule has 11 heteroatoms. The van der Waals surface area contributed by atoms with Crippen LogP contribution in [-0.4, -0.2) is 76.7 Å². The number of carboxylic acids is 1. The molecule has 0 aliphatic rings. The lowest BCUT2D eigenvalue weighted by Gasteiger charge is -2.27. The zero-order valence-electron chi connectivity index (χ0n) is 18.3. The van der Waals surface area contributed by atoms with Gasteiger partial charge in [0.15, 0.2) is 0 Å². The number of nitrogens with one attached hydrogen (secondary N) is 3. The lowest BCUT2D eigenvalue weighted by atomic mass is 10.00. The summed E-state index contributed by atoms with van der Waals surface area (Å²) in [5.41, 5.74) is 5.50. The third-order valence-electron chi connectivity index (χ3n) is 4.35. The third-order valence-corrected chi connectivity index (χ3v) is 4.99. The zero-order valence-corrected chi connectivity index (χ0v) is 19.1. The Hall–Kier alpha value is -1.85. The van der Waals surface area contributed by atoms with Crippen LogP contribution in [0.2, 0.25) is 0 Å². The predicted molar refractivity (Wildman–Crippen MR) is 116 cm³/mol. The monoisotopic (exact) mass is 448 g/mol. The van der Waals surface area contributed by atoms with E-state index in [1.807, 2.05) is 20.1 Å². The van der Waals surface area contributed by atoms with Gasteiger partial charge in [-0.3, -0.25) is 14.4 Å². The first-order valence-electron chi connectivity index (χ1n) is 9.93. The molecule has 174 valence electrons. The number of aliphatic hydroxyl groups excluding tert-OH is 1. The average molecular weight is 449 g/mol. The van der Waals surface area contributed by atoms with Gasteiger partial charge in [-0.15, -0.1) is 0 Å². The van der Waals surface area contributed by atoms with Crippen molar-refractivity contribution in [2.45, 2.75) is 64.7 Å². The molecule has 0 aromatic carbocycles. The Balaban J connectivity index is 5.32. The molecule has 0 aromatic rings. The number of carbonyl (C=O) groups is 4. The van der Waals surface area contributed by atoms with E-state index >= 15 is 0 Å². The number of nitrogens with two attached hydrogens (primary N) is 1. The number of hydrogen-bond acceptors (Lipinski definition) is 7. The van der Waals surface area contributed by atoms with Gasteiger partial charge in [0.05, 0.1) is 6.61 Å². The number of aliphatic carboxylic acids is 1. The SMILES string of the molecule is CSCCC(NC(=O)C(N)CO)C(=O)NC(C(=O)NC(CC(C)C)C(=O)O)C(C)C. The highest BCUT2D eigenvalue weighted by atomic mass is 32.2. The molecule has 4 unspecified atom stereocenters. The van der Waals surface area contributed by atoms with E-state index in [0.29, 0.717) is 12.2 Å². The first kappa shape index (κ1) is 28.1. The van der Waals surface area contributed by atoms with Crippen LogP contribution in [-0.2, 0) is 19.2 Å². The fourth-order valence-corrected chi connectivity index (χ4v) is 3.08. The minimum Gasteiger partial charge on any atom is -0.480 e. The number of aliphatic hydroxyl groups is 1. The minimum atomic E-state index is -1.16. The molecule has 3 amide bonds. The highest BCUT2D eigenvalue weighted by Gasteiger charge is 2.31. The standard InChI is InChI=1S/C19H36N4O6S/c1-10(2)8-14(19(28)29)22-18(27)15(11(3)4)23-17(26)13(6-7-30-5)21-16(25)12(20)9-24/h10-15,24H,6-9,20H2,1-5H3,(H,21,25)(H,22,27)(H,23,26)(H,28,29). The van der Waals surface area contributed by atoms with Crippen molar-refractivity contribution in [2.75, 3.05) is 18.6 Å². The van der Waals surface area contributed by atoms with Crippen LogP contribution in [0.4, 0.5) is 0 Å². The largest absolute Gasteiger partial charge is 0.480 e. The maximum atomic E-state index is 12.8. The van der Waals surface area contributed by atoms with E-state index < -0.39 is 54.5 Å². The van der Waals surface area contributed by atoms with Crippen molar-refractivity contribution in [1.82, 2.24) is 16.0 Å². The molecule has 0 rings (SSSR count). The maximum absolute atomic E-state index is 12.8. The Morgan fingerprint density at radius 2 is 1.50 bits per heavy atom. The summed E-state index contributed by atoms with van der Waals surface area (Å²) in [6, 6.07) is -4.15. The molecule has 30 heavy (non-hydrogen) atoms. The fourth-order valence-electron chi connectivity index (χ4n) is 2.61. The first-order chi connectivity index (χ1) is 13.9. The minimum absolute atomic E-state index is 0.0559. The molecule has 0 radical (unpaired) electrons. The van der Waals surface area contributed by atoms with Crippen LogP contribution in [0.15, 0.2) is 0 Å². The van der Waals surface area contributed by atoms with Crippen molar-refractivity contribution in [1.29, 1.82) is 0 Å². The third kappa shape index (κ3) is 10.3. The topological polar surface area (TPSA) is 171 Å². The van der Waals surface area contributed by atoms with Gasteiger partial charge in [-0.1, -0.05) is 27.7 Å². The molecule has 0 saturated carbocycles. The van der Waals surface area contributed by atoms with E-state index in [4.69, 9.17) is 10.8 Å². The number of carboxylic acid groups (broad SMARTS) is 1. The highest BCUT2D eigenvalue weighted by molar-refractivity contribution is 7.98. The number of thioether (sulfide) groups is 1. The Labute approximate surface area is 182 Å². The quantitative estimate of drug-likeness (QED) is 0.202. The van der Waals surface area contributed by atoms with E-state index in [1.165, 1.54) is 11.8 Å². The van der Waals surface area contributed by atoms with E-state index in [1.54, 1.807) is 13.8 Å². The predicted octanol–water partition coefficient (Wildman–Crippen LogP) is -0.700. The van der Waals surface area contributed by atoms with Gasteiger partial charge in [-0.05, 0) is 36.7 Å². The number of rotatable bonds is 14. The van der Waals surface area contributed by atoms with E-state index in [0.717, 1.165) is 0 Å². The first-order valence-corrected chi connectivity index (χ1v) is 11.3. The average Bonchev–Trinajstić information content (AvgIpc) is 2.66. The maximum Gasteiger partial charge on any atom is 0.326 e. The summed E-state index contributed by atoms with van der Waals surface area (Å²) in [5, 5.41) is 26.0. The molecule has 7 N–H and O–H groups in total. The molecule has 4 atom stereocenters. The molecule has 0 bridgehead atoms. The van der Waals surface area contributed by atoms with Crippen LogP contribution in [0.25, 0.3) is 0 Å². The summed E-state index contributed by atoms with van der Waals surface area (Å²) in [4.78, 5) is 48.9. The van der Waals surface area contributed by atoms with Crippen molar-refractivity contribution in [2.24, 2.45) is 17.6 Å². The summed E-state index contributed by atoms with van der Waals surface area (Å²) in [6.45, 7) is 6.58.